The average Bonchev–Trinajstić information content (AvgIpc) is 3.06. The number of rotatable bonds is 8. The van der Waals surface area contributed by atoms with Crippen molar-refractivity contribution in [1.82, 2.24) is 9.55 Å². The van der Waals surface area contributed by atoms with E-state index >= 15 is 0 Å². The van der Waals surface area contributed by atoms with Gasteiger partial charge in [-0.25, -0.2) is 9.19 Å². The number of nitrogens with zero attached hydrogens (tertiary/aromatic N) is 3. The van der Waals surface area contributed by atoms with Crippen LogP contribution in [0.2, 0.25) is 0 Å². The number of fused-ring (bicyclic) bond motifs is 1. The summed E-state index contributed by atoms with van der Waals surface area (Å²) in [4.78, 5) is 5.03. The minimum atomic E-state index is -0.997. The van der Waals surface area contributed by atoms with Crippen LogP contribution >= 0.6 is 0 Å². The molecule has 0 N–H and O–H groups in total. The lowest BCUT2D eigenvalue weighted by atomic mass is 9.94. The van der Waals surface area contributed by atoms with Crippen LogP contribution in [0.4, 0.5) is 5.69 Å². The van der Waals surface area contributed by atoms with E-state index in [1.807, 2.05) is 11.4 Å². The molecule has 1 aliphatic heterocycles. The fourth-order valence-corrected chi connectivity index (χ4v) is 5.06. The van der Waals surface area contributed by atoms with Crippen molar-refractivity contribution in [2.24, 2.45) is 5.92 Å². The summed E-state index contributed by atoms with van der Waals surface area (Å²) >= 11 is 0. The molecule has 1 atom stereocenters. The van der Waals surface area contributed by atoms with Crippen LogP contribution in [0.1, 0.15) is 65.6 Å². The third-order valence-corrected chi connectivity index (χ3v) is 7.24. The van der Waals surface area contributed by atoms with Gasteiger partial charge in [-0.1, -0.05) is 40.5 Å². The Kier molecular flexibility index (Phi) is 7.38. The maximum atomic E-state index is 12.6. The summed E-state index contributed by atoms with van der Waals surface area (Å²) in [6.07, 6.45) is 5.50. The molecule has 5 nitrogen and oxygen atoms in total. The summed E-state index contributed by atoms with van der Waals surface area (Å²) in [5.41, 5.74) is 3.12. The molecule has 0 bridgehead atoms. The molecule has 2 heterocycles. The number of unbranched alkanes of at least 4 members (excludes halogenated alkanes) is 2. The van der Waals surface area contributed by atoms with Gasteiger partial charge < -0.3 is 9.30 Å². The molecule has 0 aliphatic carbocycles. The van der Waals surface area contributed by atoms with Crippen LogP contribution in [-0.4, -0.2) is 39.8 Å². The molecule has 6 heteroatoms. The van der Waals surface area contributed by atoms with Crippen LogP contribution in [0.3, 0.4) is 0 Å². The van der Waals surface area contributed by atoms with Gasteiger partial charge in [-0.2, -0.15) is 0 Å². The van der Waals surface area contributed by atoms with E-state index in [1.54, 1.807) is 0 Å². The zero-order valence-corrected chi connectivity index (χ0v) is 19.6. The van der Waals surface area contributed by atoms with Crippen molar-refractivity contribution in [2.45, 2.75) is 71.8 Å². The Hall–Kier alpha value is -1.40. The van der Waals surface area contributed by atoms with Crippen molar-refractivity contribution in [3.05, 3.63) is 24.0 Å². The Labute approximate surface area is 178 Å². The van der Waals surface area contributed by atoms with Gasteiger partial charge in [-0.3, -0.25) is 4.31 Å². The minimum absolute atomic E-state index is 0.0285. The molecule has 0 radical (unpaired) electrons. The predicted molar refractivity (Wildman–Crippen MR) is 123 cm³/mol. The second kappa shape index (κ2) is 9.61. The number of imidazole rings is 1. The van der Waals surface area contributed by atoms with Crippen molar-refractivity contribution < 1.29 is 8.95 Å². The fraction of sp³-hybridized carbons (Fsp3) is 0.696. The second-order valence-corrected chi connectivity index (χ2v) is 10.9. The highest BCUT2D eigenvalue weighted by molar-refractivity contribution is 7.86. The third kappa shape index (κ3) is 5.40. The number of hydrogen-bond donors (Lipinski definition) is 0. The monoisotopic (exact) mass is 419 g/mol. The van der Waals surface area contributed by atoms with E-state index in [1.165, 1.54) is 5.52 Å². The van der Waals surface area contributed by atoms with E-state index in [0.29, 0.717) is 11.7 Å². The Morgan fingerprint density at radius 3 is 2.62 bits per heavy atom. The van der Waals surface area contributed by atoms with Gasteiger partial charge in [0.05, 0.1) is 16.7 Å². The predicted octanol–water partition coefficient (Wildman–Crippen LogP) is 5.05. The first-order valence-electron chi connectivity index (χ1n) is 11.0. The van der Waals surface area contributed by atoms with Crippen molar-refractivity contribution in [2.75, 3.05) is 30.3 Å². The van der Waals surface area contributed by atoms with Gasteiger partial charge in [-0.05, 0) is 43.4 Å². The Morgan fingerprint density at radius 1 is 1.24 bits per heavy atom. The van der Waals surface area contributed by atoms with Crippen LogP contribution < -0.4 is 4.31 Å². The van der Waals surface area contributed by atoms with Gasteiger partial charge in [0, 0.05) is 38.0 Å². The Bertz CT molecular complexity index is 834. The van der Waals surface area contributed by atoms with Crippen LogP contribution in [0, 0.1) is 5.92 Å². The van der Waals surface area contributed by atoms with Crippen LogP contribution in [0.25, 0.3) is 11.0 Å². The quantitative estimate of drug-likeness (QED) is 0.563. The first kappa shape index (κ1) is 22.3. The second-order valence-electron chi connectivity index (χ2n) is 9.25. The largest absolute Gasteiger partial charge is 0.381 e. The van der Waals surface area contributed by atoms with Gasteiger partial charge in [-0.15, -0.1) is 0 Å². The molecule has 29 heavy (non-hydrogen) atoms. The van der Waals surface area contributed by atoms with Gasteiger partial charge in [0.2, 0.25) is 0 Å². The van der Waals surface area contributed by atoms with Gasteiger partial charge >= 0.3 is 0 Å². The zero-order valence-electron chi connectivity index (χ0n) is 18.7. The van der Waals surface area contributed by atoms with Crippen molar-refractivity contribution in [3.63, 3.8) is 0 Å². The molecule has 1 aromatic carbocycles. The highest BCUT2D eigenvalue weighted by atomic mass is 32.2. The summed E-state index contributed by atoms with van der Waals surface area (Å²) < 4.78 is 22.5. The first-order chi connectivity index (χ1) is 13.8. The van der Waals surface area contributed by atoms with E-state index in [2.05, 4.69) is 50.5 Å². The molecule has 162 valence electrons. The van der Waals surface area contributed by atoms with Gasteiger partial charge in [0.15, 0.2) is 0 Å². The van der Waals surface area contributed by atoms with Gasteiger partial charge in [0.25, 0.3) is 0 Å². The highest BCUT2D eigenvalue weighted by Crippen LogP contribution is 2.31. The van der Waals surface area contributed by atoms with Gasteiger partial charge in [0.1, 0.15) is 16.8 Å². The standard InChI is InChI=1S/C23H37N3O2S/c1-6-7-8-15-29(27)25(5)19-9-10-21-20(16-19)24-22(23(2,3)4)26(21)17-18-11-13-28-14-12-18/h9-10,16,18H,6-8,11-15,17H2,1-5H3. The normalized spacial score (nSPS) is 17.0. The van der Waals surface area contributed by atoms with E-state index in [-0.39, 0.29) is 5.41 Å². The fourth-order valence-electron chi connectivity index (χ4n) is 3.99. The maximum absolute atomic E-state index is 12.6. The zero-order chi connectivity index (χ0) is 21.0. The molecule has 1 aliphatic rings. The summed E-state index contributed by atoms with van der Waals surface area (Å²) in [5, 5.41) is 0. The average molecular weight is 420 g/mol. The molecule has 3 rings (SSSR count). The number of aromatic nitrogens is 2. The highest BCUT2D eigenvalue weighted by Gasteiger charge is 2.25. The molecular weight excluding hydrogens is 382 g/mol. The van der Waals surface area contributed by atoms with Crippen molar-refractivity contribution >= 4 is 27.7 Å². The molecule has 0 amide bonds. The topological polar surface area (TPSA) is 47.4 Å². The number of anilines is 1. The molecular formula is C23H37N3O2S. The molecule has 1 unspecified atom stereocenters. The molecule has 1 aromatic heterocycles. The first-order valence-corrected chi connectivity index (χ1v) is 12.3. The molecule has 2 aromatic rings. The van der Waals surface area contributed by atoms with E-state index in [4.69, 9.17) is 9.72 Å². The minimum Gasteiger partial charge on any atom is -0.381 e. The van der Waals surface area contributed by atoms with Crippen molar-refractivity contribution in [1.29, 1.82) is 0 Å². The lowest BCUT2D eigenvalue weighted by molar-refractivity contribution is 0.0611. The van der Waals surface area contributed by atoms with E-state index in [9.17, 15) is 4.21 Å². The molecule has 0 saturated carbocycles. The van der Waals surface area contributed by atoms with Crippen LogP contribution in [-0.2, 0) is 27.7 Å². The molecule has 1 saturated heterocycles. The van der Waals surface area contributed by atoms with Crippen LogP contribution in [0.5, 0.6) is 0 Å². The smallest absolute Gasteiger partial charge is 0.119 e. The lowest BCUT2D eigenvalue weighted by Crippen LogP contribution is -2.25. The van der Waals surface area contributed by atoms with E-state index < -0.39 is 11.0 Å². The number of benzene rings is 1. The summed E-state index contributed by atoms with van der Waals surface area (Å²) in [6, 6.07) is 6.35. The Morgan fingerprint density at radius 2 is 1.97 bits per heavy atom. The number of hydrogen-bond acceptors (Lipinski definition) is 3. The molecule has 1 fully saturated rings. The van der Waals surface area contributed by atoms with E-state index in [0.717, 1.165) is 68.9 Å². The summed E-state index contributed by atoms with van der Waals surface area (Å²) in [6.45, 7) is 11.6. The van der Waals surface area contributed by atoms with Crippen molar-refractivity contribution in [3.8, 4) is 0 Å². The van der Waals surface area contributed by atoms with Crippen LogP contribution in [0.15, 0.2) is 18.2 Å². The summed E-state index contributed by atoms with van der Waals surface area (Å²) in [7, 11) is 0.927. The molecule has 0 spiro atoms. The third-order valence-electron chi connectivity index (χ3n) is 5.78. The number of ether oxygens (including phenoxy) is 1. The SMILES string of the molecule is CCCCCS(=O)N(C)c1ccc2c(c1)nc(C(C)(C)C)n2CC1CCOCC1. The maximum Gasteiger partial charge on any atom is 0.119 e. The summed E-state index contributed by atoms with van der Waals surface area (Å²) in [5.74, 6) is 2.48. The lowest BCUT2D eigenvalue weighted by Gasteiger charge is -2.26. The Balaban J connectivity index is 1.89.